The number of carbonyl (C=O) groups is 3. The summed E-state index contributed by atoms with van der Waals surface area (Å²) in [4.78, 5) is 37.1. The Balaban J connectivity index is 1.67. The van der Waals surface area contributed by atoms with Crippen molar-refractivity contribution >= 4 is 69.5 Å². The maximum atomic E-state index is 13.0. The topological polar surface area (TPSA) is 108 Å². The van der Waals surface area contributed by atoms with E-state index in [1.165, 1.54) is 18.2 Å². The number of halogens is 1. The Kier molecular flexibility index (Phi) is 5.88. The lowest BCUT2D eigenvalue weighted by Crippen LogP contribution is -2.28. The first-order valence-electron chi connectivity index (χ1n) is 8.99. The van der Waals surface area contributed by atoms with Crippen LogP contribution in [0.3, 0.4) is 0 Å². The van der Waals surface area contributed by atoms with Crippen molar-refractivity contribution < 1.29 is 29.0 Å². The van der Waals surface area contributed by atoms with Gasteiger partial charge in [0.2, 0.25) is 0 Å². The monoisotopic (exact) mass is 485 g/mol. The highest BCUT2D eigenvalue weighted by molar-refractivity contribution is 8.27. The van der Waals surface area contributed by atoms with E-state index in [0.29, 0.717) is 22.1 Å². The summed E-state index contributed by atoms with van der Waals surface area (Å²) in [5, 5.41) is 19.1. The van der Waals surface area contributed by atoms with Gasteiger partial charge in [-0.1, -0.05) is 47.7 Å². The van der Waals surface area contributed by atoms with Crippen LogP contribution < -0.4 is 4.90 Å². The number of nitrogens with zero attached hydrogens (tertiary/aromatic N) is 1. The second-order valence-corrected chi connectivity index (χ2v) is 8.66. The van der Waals surface area contributed by atoms with Crippen LogP contribution in [0.15, 0.2) is 63.9 Å². The second-order valence-electron chi connectivity index (χ2n) is 6.58. The van der Waals surface area contributed by atoms with E-state index in [0.717, 1.165) is 22.7 Å². The molecule has 4 rings (SSSR count). The van der Waals surface area contributed by atoms with Gasteiger partial charge in [-0.3, -0.25) is 9.69 Å². The number of carboxylic acids is 2. The smallest absolute Gasteiger partial charge is 0.335 e. The number of thioether (sulfide) groups is 1. The van der Waals surface area contributed by atoms with Crippen LogP contribution in [0.2, 0.25) is 5.02 Å². The van der Waals surface area contributed by atoms with Crippen molar-refractivity contribution in [1.82, 2.24) is 0 Å². The minimum atomic E-state index is -1.32. The Bertz CT molecular complexity index is 1300. The van der Waals surface area contributed by atoms with Gasteiger partial charge in [-0.2, -0.15) is 0 Å². The average molecular weight is 486 g/mol. The van der Waals surface area contributed by atoms with E-state index in [-0.39, 0.29) is 26.0 Å². The molecule has 1 aromatic heterocycles. The zero-order valence-corrected chi connectivity index (χ0v) is 18.3. The molecule has 1 aliphatic rings. The van der Waals surface area contributed by atoms with Gasteiger partial charge < -0.3 is 14.6 Å². The summed E-state index contributed by atoms with van der Waals surface area (Å²) < 4.78 is 5.93. The first-order valence-corrected chi connectivity index (χ1v) is 10.6. The molecular weight excluding hydrogens is 474 g/mol. The molecule has 3 aromatic rings. The third-order valence-corrected chi connectivity index (χ3v) is 6.13. The maximum absolute atomic E-state index is 13.0. The molecule has 0 aliphatic carbocycles. The normalized spacial score (nSPS) is 14.9. The summed E-state index contributed by atoms with van der Waals surface area (Å²) in [6.07, 6.45) is 1.51. The Hall–Kier alpha value is -3.40. The Morgan fingerprint density at radius 1 is 1.03 bits per heavy atom. The molecule has 1 fully saturated rings. The molecule has 1 amide bonds. The third-order valence-electron chi connectivity index (χ3n) is 4.50. The lowest BCUT2D eigenvalue weighted by atomic mass is 10.1. The van der Waals surface area contributed by atoms with Crippen molar-refractivity contribution in [3.8, 4) is 11.3 Å². The summed E-state index contributed by atoms with van der Waals surface area (Å²) in [5.41, 5.74) is 0.221. The van der Waals surface area contributed by atoms with Crippen molar-refractivity contribution in [2.24, 2.45) is 0 Å². The van der Waals surface area contributed by atoms with Crippen molar-refractivity contribution in [3.05, 3.63) is 81.4 Å². The summed E-state index contributed by atoms with van der Waals surface area (Å²) >= 11 is 12.5. The minimum absolute atomic E-state index is 0.0596. The molecule has 0 saturated carbocycles. The molecule has 0 atom stereocenters. The number of hydrogen-bond donors (Lipinski definition) is 2. The molecule has 1 aliphatic heterocycles. The highest BCUT2D eigenvalue weighted by Gasteiger charge is 2.34. The Morgan fingerprint density at radius 3 is 2.31 bits per heavy atom. The van der Waals surface area contributed by atoms with Crippen molar-refractivity contribution in [2.45, 2.75) is 0 Å². The number of furan rings is 1. The number of carboxylic acid groups (broad SMARTS) is 2. The molecule has 32 heavy (non-hydrogen) atoms. The molecule has 7 nitrogen and oxygen atoms in total. The second kappa shape index (κ2) is 8.62. The van der Waals surface area contributed by atoms with Gasteiger partial charge in [0.15, 0.2) is 4.32 Å². The van der Waals surface area contributed by atoms with Crippen LogP contribution in [0.1, 0.15) is 26.5 Å². The van der Waals surface area contributed by atoms with E-state index < -0.39 is 17.8 Å². The van der Waals surface area contributed by atoms with Gasteiger partial charge in [0.1, 0.15) is 11.5 Å². The number of benzene rings is 2. The first-order chi connectivity index (χ1) is 15.2. The molecule has 0 bridgehead atoms. The molecule has 160 valence electrons. The molecule has 0 spiro atoms. The predicted octanol–water partition coefficient (Wildman–Crippen LogP) is 5.40. The number of thiocarbonyl (C=S) groups is 1. The average Bonchev–Trinajstić information content (AvgIpc) is 3.32. The zero-order chi connectivity index (χ0) is 23.0. The van der Waals surface area contributed by atoms with Crippen LogP contribution in [0.4, 0.5) is 5.69 Å². The summed E-state index contributed by atoms with van der Waals surface area (Å²) in [5.74, 6) is -2.24. The van der Waals surface area contributed by atoms with Crippen LogP contribution in [0.25, 0.3) is 17.4 Å². The molecule has 2 heterocycles. The van der Waals surface area contributed by atoms with Gasteiger partial charge in [0, 0.05) is 11.6 Å². The molecule has 10 heteroatoms. The van der Waals surface area contributed by atoms with Gasteiger partial charge in [-0.05, 0) is 42.5 Å². The highest BCUT2D eigenvalue weighted by atomic mass is 35.5. The highest BCUT2D eigenvalue weighted by Crippen LogP contribution is 2.38. The number of anilines is 1. The van der Waals surface area contributed by atoms with E-state index >= 15 is 0 Å². The van der Waals surface area contributed by atoms with E-state index in [2.05, 4.69) is 0 Å². The standard InChI is InChI=1S/C22H12ClNO6S2/c23-16-4-2-1-3-15(16)17-6-5-14(30-17)10-18-19(25)24(22(31)32-18)13-8-11(20(26)27)7-12(9-13)21(28)29/h1-10H,(H,26,27)(H,28,29)/b18-10+. The van der Waals surface area contributed by atoms with Crippen LogP contribution in [0.5, 0.6) is 0 Å². The molecule has 0 unspecified atom stereocenters. The van der Waals surface area contributed by atoms with Crippen LogP contribution in [-0.2, 0) is 4.79 Å². The molecular formula is C22H12ClNO6S2. The predicted molar refractivity (Wildman–Crippen MR) is 125 cm³/mol. The number of aromatic carboxylic acids is 2. The lowest BCUT2D eigenvalue weighted by Gasteiger charge is -2.16. The quantitative estimate of drug-likeness (QED) is 0.365. The largest absolute Gasteiger partial charge is 0.478 e. The van der Waals surface area contributed by atoms with Crippen LogP contribution >= 0.6 is 35.6 Å². The molecule has 2 aromatic carbocycles. The fourth-order valence-corrected chi connectivity index (χ4v) is 4.55. The summed E-state index contributed by atoms with van der Waals surface area (Å²) in [6, 6.07) is 14.0. The molecule has 1 saturated heterocycles. The number of rotatable bonds is 5. The van der Waals surface area contributed by atoms with Crippen LogP contribution in [0, 0.1) is 0 Å². The Morgan fingerprint density at radius 2 is 1.69 bits per heavy atom. The fourth-order valence-electron chi connectivity index (χ4n) is 3.04. The Labute approximate surface area is 195 Å². The van der Waals surface area contributed by atoms with Gasteiger partial charge in [-0.25, -0.2) is 9.59 Å². The summed E-state index contributed by atoms with van der Waals surface area (Å²) in [6.45, 7) is 0. The first kappa shape index (κ1) is 21.8. The van der Waals surface area contributed by atoms with Gasteiger partial charge >= 0.3 is 11.9 Å². The number of hydrogen-bond acceptors (Lipinski definition) is 6. The van der Waals surface area contributed by atoms with E-state index in [4.69, 9.17) is 28.2 Å². The van der Waals surface area contributed by atoms with E-state index in [9.17, 15) is 24.6 Å². The number of amides is 1. The minimum Gasteiger partial charge on any atom is -0.478 e. The molecule has 2 N–H and O–H groups in total. The number of carbonyl (C=O) groups excluding carboxylic acids is 1. The van der Waals surface area contributed by atoms with Crippen molar-refractivity contribution in [3.63, 3.8) is 0 Å². The van der Waals surface area contributed by atoms with Crippen LogP contribution in [-0.4, -0.2) is 32.4 Å². The van der Waals surface area contributed by atoms with E-state index in [1.54, 1.807) is 30.3 Å². The van der Waals surface area contributed by atoms with Gasteiger partial charge in [0.25, 0.3) is 5.91 Å². The lowest BCUT2D eigenvalue weighted by molar-refractivity contribution is -0.113. The summed E-state index contributed by atoms with van der Waals surface area (Å²) in [7, 11) is 0. The zero-order valence-electron chi connectivity index (χ0n) is 15.9. The van der Waals surface area contributed by atoms with Gasteiger partial charge in [0.05, 0.1) is 26.7 Å². The van der Waals surface area contributed by atoms with Crippen molar-refractivity contribution in [2.75, 3.05) is 4.90 Å². The maximum Gasteiger partial charge on any atom is 0.335 e. The van der Waals surface area contributed by atoms with Gasteiger partial charge in [-0.15, -0.1) is 0 Å². The fraction of sp³-hybridized carbons (Fsp3) is 0. The third kappa shape index (κ3) is 4.18. The van der Waals surface area contributed by atoms with E-state index in [1.807, 2.05) is 6.07 Å². The molecule has 0 radical (unpaired) electrons. The SMILES string of the molecule is O=C(O)c1cc(C(=O)O)cc(N2C(=O)/C(=C\c3ccc(-c4ccccc4Cl)o3)SC2=S)c1. The van der Waals surface area contributed by atoms with Crippen molar-refractivity contribution in [1.29, 1.82) is 0 Å².